The standard InChI is InChI=1S/C35H72N2O.BrH/c1-5-7-9-11-13-15-17-18-19-21-23-25-27-29-33-37(3,4)34-30-32-36-35(38)31-28-26-24-22-20-16-14-12-10-8-6-2;/h5-34H2,1-4H3;1H. The number of amides is 1. The molecule has 0 aromatic carbocycles. The van der Waals surface area contributed by atoms with Crippen LogP contribution in [0.25, 0.3) is 0 Å². The Kier molecular flexibility index (Phi) is 34.1. The van der Waals surface area contributed by atoms with Crippen LogP contribution in [0.15, 0.2) is 0 Å². The second-order valence-corrected chi connectivity index (χ2v) is 13.0. The van der Waals surface area contributed by atoms with Crippen molar-refractivity contribution in [3.8, 4) is 0 Å². The van der Waals surface area contributed by atoms with E-state index in [9.17, 15) is 4.79 Å². The molecule has 0 aliphatic heterocycles. The van der Waals surface area contributed by atoms with Crippen LogP contribution in [-0.2, 0) is 4.79 Å². The number of carbonyl (C=O) groups excluding carboxylic acids is 1. The Morgan fingerprint density at radius 2 is 0.769 bits per heavy atom. The Morgan fingerprint density at radius 1 is 0.462 bits per heavy atom. The zero-order valence-corrected chi connectivity index (χ0v) is 29.0. The van der Waals surface area contributed by atoms with Gasteiger partial charge in [-0.25, -0.2) is 0 Å². The molecule has 0 aliphatic rings. The van der Waals surface area contributed by atoms with Crippen LogP contribution >= 0.6 is 0 Å². The number of quaternary nitrogens is 1. The van der Waals surface area contributed by atoms with Gasteiger partial charge >= 0.3 is 0 Å². The van der Waals surface area contributed by atoms with Gasteiger partial charge in [0.25, 0.3) is 0 Å². The fourth-order valence-corrected chi connectivity index (χ4v) is 5.62. The lowest BCUT2D eigenvalue weighted by molar-refractivity contribution is -0.890. The molecule has 0 saturated heterocycles. The van der Waals surface area contributed by atoms with Crippen molar-refractivity contribution in [3.05, 3.63) is 0 Å². The van der Waals surface area contributed by atoms with Gasteiger partial charge in [0.2, 0.25) is 5.91 Å². The molecule has 0 heterocycles. The lowest BCUT2D eigenvalue weighted by Gasteiger charge is -2.30. The van der Waals surface area contributed by atoms with Crippen molar-refractivity contribution in [3.63, 3.8) is 0 Å². The highest BCUT2D eigenvalue weighted by Gasteiger charge is 2.14. The summed E-state index contributed by atoms with van der Waals surface area (Å²) >= 11 is 0. The van der Waals surface area contributed by atoms with E-state index < -0.39 is 0 Å². The largest absolute Gasteiger partial charge is 1.00 e. The molecule has 0 aliphatic carbocycles. The molecular weight excluding hydrogens is 544 g/mol. The molecule has 0 bridgehead atoms. The first-order valence-electron chi connectivity index (χ1n) is 17.6. The lowest BCUT2D eigenvalue weighted by Crippen LogP contribution is -3.00. The second-order valence-electron chi connectivity index (χ2n) is 13.0. The molecule has 1 N–H and O–H groups in total. The van der Waals surface area contributed by atoms with Gasteiger partial charge in [0.05, 0.1) is 27.2 Å². The molecule has 4 heteroatoms. The van der Waals surface area contributed by atoms with E-state index >= 15 is 0 Å². The monoisotopic (exact) mass is 616 g/mol. The van der Waals surface area contributed by atoms with Gasteiger partial charge in [-0.1, -0.05) is 155 Å². The summed E-state index contributed by atoms with van der Waals surface area (Å²) in [7, 11) is 4.71. The van der Waals surface area contributed by atoms with Gasteiger partial charge in [-0.2, -0.15) is 0 Å². The first kappa shape index (κ1) is 41.0. The topological polar surface area (TPSA) is 29.1 Å². The second kappa shape index (κ2) is 32.4. The minimum Gasteiger partial charge on any atom is -1.00 e. The Morgan fingerprint density at radius 3 is 1.15 bits per heavy atom. The number of rotatable bonds is 31. The van der Waals surface area contributed by atoms with E-state index in [1.807, 2.05) is 0 Å². The molecular formula is C35H73BrN2O. The smallest absolute Gasteiger partial charge is 0.219 e. The van der Waals surface area contributed by atoms with E-state index in [0.29, 0.717) is 6.42 Å². The summed E-state index contributed by atoms with van der Waals surface area (Å²) in [6, 6.07) is 0. The fraction of sp³-hybridized carbons (Fsp3) is 0.971. The third-order valence-corrected chi connectivity index (χ3v) is 8.39. The number of nitrogens with one attached hydrogen (secondary N) is 1. The molecule has 39 heavy (non-hydrogen) atoms. The summed E-state index contributed by atoms with van der Waals surface area (Å²) in [5.74, 6) is 0.262. The number of halogens is 1. The van der Waals surface area contributed by atoms with E-state index in [-0.39, 0.29) is 22.9 Å². The van der Waals surface area contributed by atoms with E-state index in [1.165, 1.54) is 161 Å². The molecule has 1 amide bonds. The summed E-state index contributed by atoms with van der Waals surface area (Å²) in [4.78, 5) is 12.1. The maximum Gasteiger partial charge on any atom is 0.219 e. The number of hydrogen-bond donors (Lipinski definition) is 1. The van der Waals surface area contributed by atoms with Gasteiger partial charge in [0, 0.05) is 19.4 Å². The third-order valence-electron chi connectivity index (χ3n) is 8.39. The minimum atomic E-state index is 0. The first-order chi connectivity index (χ1) is 18.5. The van der Waals surface area contributed by atoms with Crippen LogP contribution in [0, 0.1) is 0 Å². The first-order valence-corrected chi connectivity index (χ1v) is 17.6. The van der Waals surface area contributed by atoms with Crippen LogP contribution < -0.4 is 22.3 Å². The molecule has 0 aromatic rings. The lowest BCUT2D eigenvalue weighted by atomic mass is 10.0. The summed E-state index contributed by atoms with van der Waals surface area (Å²) < 4.78 is 1.09. The van der Waals surface area contributed by atoms with Crippen LogP contribution in [0.3, 0.4) is 0 Å². The van der Waals surface area contributed by atoms with Crippen molar-refractivity contribution in [1.29, 1.82) is 0 Å². The molecule has 0 rings (SSSR count). The highest BCUT2D eigenvalue weighted by molar-refractivity contribution is 5.75. The maximum absolute atomic E-state index is 12.1. The normalized spacial score (nSPS) is 11.5. The molecule has 236 valence electrons. The highest BCUT2D eigenvalue weighted by Crippen LogP contribution is 2.14. The zero-order chi connectivity index (χ0) is 28.0. The van der Waals surface area contributed by atoms with Crippen molar-refractivity contribution in [2.24, 2.45) is 0 Å². The zero-order valence-electron chi connectivity index (χ0n) is 27.4. The summed E-state index contributed by atoms with van der Waals surface area (Å²) in [6.07, 6.45) is 36.5. The van der Waals surface area contributed by atoms with Gasteiger partial charge in [-0.3, -0.25) is 4.79 Å². The van der Waals surface area contributed by atoms with Crippen LogP contribution in [0.2, 0.25) is 0 Å². The number of hydrogen-bond acceptors (Lipinski definition) is 1. The quantitative estimate of drug-likeness (QED) is 0.0626. The average molecular weight is 618 g/mol. The van der Waals surface area contributed by atoms with Gasteiger partial charge in [-0.15, -0.1) is 0 Å². The van der Waals surface area contributed by atoms with Crippen molar-refractivity contribution in [1.82, 2.24) is 5.32 Å². The summed E-state index contributed by atoms with van der Waals surface area (Å²) in [5.41, 5.74) is 0. The van der Waals surface area contributed by atoms with Gasteiger partial charge in [-0.05, 0) is 19.3 Å². The number of carbonyl (C=O) groups is 1. The van der Waals surface area contributed by atoms with Crippen molar-refractivity contribution >= 4 is 5.91 Å². The van der Waals surface area contributed by atoms with E-state index in [2.05, 4.69) is 33.3 Å². The van der Waals surface area contributed by atoms with Gasteiger partial charge in [0.1, 0.15) is 0 Å². The highest BCUT2D eigenvalue weighted by atomic mass is 79.9. The van der Waals surface area contributed by atoms with Crippen LogP contribution in [0.4, 0.5) is 0 Å². The van der Waals surface area contributed by atoms with Gasteiger partial charge in [0.15, 0.2) is 0 Å². The van der Waals surface area contributed by atoms with Crippen molar-refractivity contribution in [2.45, 2.75) is 187 Å². The maximum atomic E-state index is 12.1. The van der Waals surface area contributed by atoms with E-state index in [4.69, 9.17) is 0 Å². The Balaban J connectivity index is 0. The summed E-state index contributed by atoms with van der Waals surface area (Å²) in [5, 5.41) is 3.16. The van der Waals surface area contributed by atoms with Crippen molar-refractivity contribution in [2.75, 3.05) is 33.7 Å². The van der Waals surface area contributed by atoms with E-state index in [0.717, 1.165) is 30.4 Å². The van der Waals surface area contributed by atoms with Crippen LogP contribution in [0.1, 0.15) is 187 Å². The number of nitrogens with zero attached hydrogens (tertiary/aromatic N) is 1. The Bertz CT molecular complexity index is 483. The average Bonchev–Trinajstić information content (AvgIpc) is 2.90. The number of unbranched alkanes of at least 4 members (excludes halogenated alkanes) is 23. The Labute approximate surface area is 257 Å². The molecule has 0 saturated carbocycles. The summed E-state index contributed by atoms with van der Waals surface area (Å²) in [6.45, 7) is 7.85. The molecule has 3 nitrogen and oxygen atoms in total. The van der Waals surface area contributed by atoms with Crippen molar-refractivity contribution < 1.29 is 26.3 Å². The van der Waals surface area contributed by atoms with E-state index in [1.54, 1.807) is 0 Å². The van der Waals surface area contributed by atoms with Crippen LogP contribution in [0.5, 0.6) is 0 Å². The molecule has 0 aromatic heterocycles. The molecule has 0 unspecified atom stereocenters. The Hall–Kier alpha value is -0.0900. The molecule has 0 fully saturated rings. The molecule has 0 radical (unpaired) electrons. The SMILES string of the molecule is CCCCCCCCCCCCCCCC[N+](C)(C)CCCNC(=O)CCCCCCCCCCCCC.[Br-]. The third kappa shape index (κ3) is 34.0. The van der Waals surface area contributed by atoms with Crippen LogP contribution in [-0.4, -0.2) is 44.1 Å². The fourth-order valence-electron chi connectivity index (χ4n) is 5.62. The predicted octanol–water partition coefficient (Wildman–Crippen LogP) is 7.76. The minimum absolute atomic E-state index is 0. The molecule has 0 atom stereocenters. The van der Waals surface area contributed by atoms with Gasteiger partial charge < -0.3 is 26.8 Å². The molecule has 0 spiro atoms. The predicted molar refractivity (Wildman–Crippen MR) is 171 cm³/mol.